The Morgan fingerprint density at radius 2 is 2.15 bits per heavy atom. The number of fused-ring (bicyclic) bond motifs is 1. The first-order chi connectivity index (χ1) is 13.0. The minimum atomic E-state index is -0.323. The van der Waals surface area contributed by atoms with E-state index in [-0.39, 0.29) is 30.5 Å². The van der Waals surface area contributed by atoms with E-state index < -0.39 is 0 Å². The van der Waals surface area contributed by atoms with Crippen molar-refractivity contribution in [1.82, 2.24) is 9.38 Å². The normalized spacial score (nSPS) is 12.3. The number of Topliss-reactive ketones (excluding diaryl/α,β-unsaturated/α-hetero) is 1. The maximum atomic E-state index is 13.4. The number of ketones is 1. The molecular weight excluding hydrogens is 347 g/mol. The molecule has 0 saturated heterocycles. The molecule has 27 heavy (non-hydrogen) atoms. The van der Waals surface area contributed by atoms with E-state index in [0.29, 0.717) is 35.8 Å². The van der Waals surface area contributed by atoms with E-state index in [0.717, 1.165) is 5.56 Å². The van der Waals surface area contributed by atoms with Gasteiger partial charge in [-0.1, -0.05) is 12.1 Å². The molecule has 2 aromatic heterocycles. The third-order valence-electron chi connectivity index (χ3n) is 4.50. The van der Waals surface area contributed by atoms with Gasteiger partial charge in [0.15, 0.2) is 17.2 Å². The van der Waals surface area contributed by atoms with E-state index in [4.69, 9.17) is 4.74 Å². The van der Waals surface area contributed by atoms with E-state index in [1.807, 2.05) is 19.1 Å². The maximum Gasteiger partial charge on any atom is 0.181 e. The number of benzene rings is 1. The summed E-state index contributed by atoms with van der Waals surface area (Å²) in [6, 6.07) is 9.86. The molecule has 0 amide bonds. The highest BCUT2D eigenvalue weighted by molar-refractivity contribution is 5.96. The molecule has 0 aliphatic carbocycles. The summed E-state index contributed by atoms with van der Waals surface area (Å²) >= 11 is 0. The zero-order valence-corrected chi connectivity index (χ0v) is 15.5. The molecule has 0 radical (unpaired) electrons. The number of rotatable bonds is 8. The third-order valence-corrected chi connectivity index (χ3v) is 4.50. The van der Waals surface area contributed by atoms with Gasteiger partial charge in [0.2, 0.25) is 0 Å². The van der Waals surface area contributed by atoms with Crippen LogP contribution in [0.5, 0.6) is 5.75 Å². The van der Waals surface area contributed by atoms with Gasteiger partial charge in [0.25, 0.3) is 0 Å². The number of nitrogens with zero attached hydrogens (tertiary/aromatic N) is 2. The van der Waals surface area contributed by atoms with Crippen molar-refractivity contribution in [2.45, 2.75) is 26.7 Å². The number of aryl methyl sites for hydroxylation is 1. The summed E-state index contributed by atoms with van der Waals surface area (Å²) in [7, 11) is 0. The van der Waals surface area contributed by atoms with Gasteiger partial charge in [-0.05, 0) is 56.0 Å². The number of hydrogen-bond donors (Lipinski definition) is 1. The lowest BCUT2D eigenvalue weighted by molar-refractivity contribution is 0.0929. The summed E-state index contributed by atoms with van der Waals surface area (Å²) in [6.07, 6.45) is 2.37. The van der Waals surface area contributed by atoms with Crippen LogP contribution in [-0.2, 0) is 6.42 Å². The topological polar surface area (TPSA) is 63.8 Å². The van der Waals surface area contributed by atoms with Crippen molar-refractivity contribution in [1.29, 1.82) is 0 Å². The Bertz CT molecular complexity index is 952. The van der Waals surface area contributed by atoms with Gasteiger partial charge in [-0.2, -0.15) is 0 Å². The molecule has 5 nitrogen and oxygen atoms in total. The van der Waals surface area contributed by atoms with Crippen molar-refractivity contribution in [3.8, 4) is 5.75 Å². The van der Waals surface area contributed by atoms with Crippen molar-refractivity contribution in [3.63, 3.8) is 0 Å². The van der Waals surface area contributed by atoms with Crippen LogP contribution in [0.4, 0.5) is 4.39 Å². The number of aliphatic hydroxyl groups is 1. The molecule has 0 spiro atoms. The van der Waals surface area contributed by atoms with Crippen molar-refractivity contribution >= 4 is 11.4 Å². The molecule has 3 rings (SSSR count). The maximum absolute atomic E-state index is 13.4. The van der Waals surface area contributed by atoms with E-state index in [9.17, 15) is 14.3 Å². The lowest BCUT2D eigenvalue weighted by atomic mass is 9.94. The second kappa shape index (κ2) is 8.31. The van der Waals surface area contributed by atoms with E-state index in [1.165, 1.54) is 12.1 Å². The highest BCUT2D eigenvalue weighted by atomic mass is 19.1. The Balaban J connectivity index is 1.84. The monoisotopic (exact) mass is 370 g/mol. The summed E-state index contributed by atoms with van der Waals surface area (Å²) in [4.78, 5) is 17.4. The van der Waals surface area contributed by atoms with Crippen molar-refractivity contribution in [2.75, 3.05) is 13.2 Å². The Morgan fingerprint density at radius 3 is 2.85 bits per heavy atom. The van der Waals surface area contributed by atoms with Crippen LogP contribution in [0.2, 0.25) is 0 Å². The molecule has 0 fully saturated rings. The van der Waals surface area contributed by atoms with Gasteiger partial charge in [-0.25, -0.2) is 9.37 Å². The Labute approximate surface area is 157 Å². The standard InChI is InChI=1S/C21H23FN2O3/c1-3-27-19-8-5-9-24-20(14(2)23-21(19)24)18(26)12-16(13-25)10-15-6-4-7-17(22)11-15/h4-9,11,16,25H,3,10,12-13H2,1-2H3/t16-/m0/s1. The van der Waals surface area contributed by atoms with Crippen LogP contribution in [0.15, 0.2) is 42.6 Å². The molecule has 142 valence electrons. The number of halogens is 1. The number of ether oxygens (including phenoxy) is 1. The summed E-state index contributed by atoms with van der Waals surface area (Å²) in [5, 5.41) is 9.71. The minimum Gasteiger partial charge on any atom is -0.490 e. The molecule has 0 aliphatic rings. The number of carbonyl (C=O) groups excluding carboxylic acids is 1. The van der Waals surface area contributed by atoms with Crippen LogP contribution < -0.4 is 4.74 Å². The van der Waals surface area contributed by atoms with Crippen LogP contribution in [0.3, 0.4) is 0 Å². The van der Waals surface area contributed by atoms with Gasteiger partial charge < -0.3 is 9.84 Å². The number of aromatic nitrogens is 2. The van der Waals surface area contributed by atoms with Gasteiger partial charge in [0.05, 0.1) is 12.3 Å². The number of pyridine rings is 1. The fourth-order valence-corrected chi connectivity index (χ4v) is 3.32. The third kappa shape index (κ3) is 4.17. The number of hydrogen-bond acceptors (Lipinski definition) is 4. The molecular formula is C21H23FN2O3. The molecule has 3 aromatic rings. The SMILES string of the molecule is CCOc1cccn2c(C(=O)C[C@@H](CO)Cc3cccc(F)c3)c(C)nc12. The summed E-state index contributed by atoms with van der Waals surface area (Å²) < 4.78 is 20.7. The van der Waals surface area contributed by atoms with Gasteiger partial charge in [-0.3, -0.25) is 9.20 Å². The van der Waals surface area contributed by atoms with Crippen molar-refractivity contribution in [2.24, 2.45) is 5.92 Å². The first kappa shape index (κ1) is 19.0. The highest BCUT2D eigenvalue weighted by Gasteiger charge is 2.22. The largest absolute Gasteiger partial charge is 0.490 e. The minimum absolute atomic E-state index is 0.107. The van der Waals surface area contributed by atoms with Crippen LogP contribution in [0, 0.1) is 18.7 Å². The van der Waals surface area contributed by atoms with Crippen LogP contribution in [-0.4, -0.2) is 33.5 Å². The second-order valence-corrected chi connectivity index (χ2v) is 6.55. The van der Waals surface area contributed by atoms with Crippen LogP contribution >= 0.6 is 0 Å². The Morgan fingerprint density at radius 1 is 1.33 bits per heavy atom. The summed E-state index contributed by atoms with van der Waals surface area (Å²) in [5.74, 6) is -0.0966. The van der Waals surface area contributed by atoms with Gasteiger partial charge in [-0.15, -0.1) is 0 Å². The first-order valence-electron chi connectivity index (χ1n) is 9.02. The molecule has 1 N–H and O–H groups in total. The molecule has 0 saturated carbocycles. The average molecular weight is 370 g/mol. The number of aliphatic hydroxyl groups excluding tert-OH is 1. The smallest absolute Gasteiger partial charge is 0.181 e. The summed E-state index contributed by atoms with van der Waals surface area (Å²) in [6.45, 7) is 4.04. The van der Waals surface area contributed by atoms with Crippen LogP contribution in [0.1, 0.15) is 35.1 Å². The molecule has 0 unspecified atom stereocenters. The number of imidazole rings is 1. The second-order valence-electron chi connectivity index (χ2n) is 6.55. The van der Waals surface area contributed by atoms with E-state index in [1.54, 1.807) is 29.7 Å². The Hall–Kier alpha value is -2.73. The zero-order valence-electron chi connectivity index (χ0n) is 15.5. The molecule has 0 aliphatic heterocycles. The molecule has 1 aromatic carbocycles. The molecule has 2 heterocycles. The summed E-state index contributed by atoms with van der Waals surface area (Å²) in [5.41, 5.74) is 2.47. The molecule has 0 bridgehead atoms. The van der Waals surface area contributed by atoms with Crippen molar-refractivity contribution in [3.05, 3.63) is 65.4 Å². The van der Waals surface area contributed by atoms with Gasteiger partial charge in [0.1, 0.15) is 11.5 Å². The quantitative estimate of drug-likeness (QED) is 0.616. The van der Waals surface area contributed by atoms with Crippen molar-refractivity contribution < 1.29 is 19.0 Å². The lowest BCUT2D eigenvalue weighted by Crippen LogP contribution is -2.17. The average Bonchev–Trinajstić information content (AvgIpc) is 2.98. The van der Waals surface area contributed by atoms with E-state index >= 15 is 0 Å². The van der Waals surface area contributed by atoms with Gasteiger partial charge in [0, 0.05) is 19.2 Å². The predicted octanol–water partition coefficient (Wildman–Crippen LogP) is 3.60. The highest BCUT2D eigenvalue weighted by Crippen LogP contribution is 2.24. The zero-order chi connectivity index (χ0) is 19.4. The number of carbonyl (C=O) groups is 1. The molecule has 6 heteroatoms. The predicted molar refractivity (Wildman–Crippen MR) is 101 cm³/mol. The fraction of sp³-hybridized carbons (Fsp3) is 0.333. The van der Waals surface area contributed by atoms with E-state index in [2.05, 4.69) is 4.98 Å². The fourth-order valence-electron chi connectivity index (χ4n) is 3.32. The van der Waals surface area contributed by atoms with Gasteiger partial charge >= 0.3 is 0 Å². The first-order valence-corrected chi connectivity index (χ1v) is 9.02. The Kier molecular flexibility index (Phi) is 5.86. The molecule has 1 atom stereocenters. The van der Waals surface area contributed by atoms with Crippen LogP contribution in [0.25, 0.3) is 5.65 Å². The lowest BCUT2D eigenvalue weighted by Gasteiger charge is -2.14.